The Balaban J connectivity index is 1.49. The average molecular weight is 473 g/mol. The van der Waals surface area contributed by atoms with Crippen molar-refractivity contribution in [2.45, 2.75) is 19.1 Å². The van der Waals surface area contributed by atoms with Crippen LogP contribution in [-0.4, -0.2) is 49.2 Å². The van der Waals surface area contributed by atoms with Crippen molar-refractivity contribution in [1.29, 1.82) is 0 Å². The highest BCUT2D eigenvalue weighted by molar-refractivity contribution is 7.92. The van der Waals surface area contributed by atoms with E-state index in [4.69, 9.17) is 4.74 Å². The van der Waals surface area contributed by atoms with Gasteiger partial charge in [0.1, 0.15) is 23.9 Å². The molecule has 0 aliphatic carbocycles. The SMILES string of the molecule is C[C@H](NCCOc1ccc(-c2ccc(O)cc2)cc1)[C@H](O)c1ccc(O)c(NS(C)(=O)=O)c1. The molecule has 8 nitrogen and oxygen atoms in total. The molecule has 0 bridgehead atoms. The number of ether oxygens (including phenoxy) is 1. The molecule has 0 saturated heterocycles. The largest absolute Gasteiger partial charge is 0.508 e. The topological polar surface area (TPSA) is 128 Å². The summed E-state index contributed by atoms with van der Waals surface area (Å²) in [7, 11) is -3.56. The number of nitrogens with one attached hydrogen (secondary N) is 2. The van der Waals surface area contributed by atoms with Crippen LogP contribution in [0.2, 0.25) is 0 Å². The van der Waals surface area contributed by atoms with Crippen molar-refractivity contribution < 1.29 is 28.5 Å². The van der Waals surface area contributed by atoms with E-state index >= 15 is 0 Å². The first-order valence-electron chi connectivity index (χ1n) is 10.4. The summed E-state index contributed by atoms with van der Waals surface area (Å²) in [6.07, 6.45) is 0.0657. The Kier molecular flexibility index (Phi) is 7.80. The summed E-state index contributed by atoms with van der Waals surface area (Å²) in [6, 6.07) is 18.5. The quantitative estimate of drug-likeness (QED) is 0.226. The van der Waals surface area contributed by atoms with Gasteiger partial charge in [0.25, 0.3) is 0 Å². The Morgan fingerprint density at radius 1 is 0.939 bits per heavy atom. The first kappa shape index (κ1) is 24.4. The molecule has 0 radical (unpaired) electrons. The van der Waals surface area contributed by atoms with Gasteiger partial charge in [0, 0.05) is 12.6 Å². The molecule has 3 aromatic carbocycles. The average Bonchev–Trinajstić information content (AvgIpc) is 2.77. The van der Waals surface area contributed by atoms with Gasteiger partial charge in [0.2, 0.25) is 10.0 Å². The molecule has 0 fully saturated rings. The van der Waals surface area contributed by atoms with Crippen LogP contribution in [0.15, 0.2) is 66.7 Å². The predicted molar refractivity (Wildman–Crippen MR) is 128 cm³/mol. The molecule has 33 heavy (non-hydrogen) atoms. The summed E-state index contributed by atoms with van der Waals surface area (Å²) in [5.41, 5.74) is 2.48. The predicted octanol–water partition coefficient (Wildman–Crippen LogP) is 3.23. The van der Waals surface area contributed by atoms with E-state index in [1.54, 1.807) is 19.1 Å². The van der Waals surface area contributed by atoms with Gasteiger partial charge in [0.15, 0.2) is 0 Å². The number of aliphatic hydroxyl groups is 1. The fourth-order valence-electron chi connectivity index (χ4n) is 3.27. The molecule has 0 spiro atoms. The van der Waals surface area contributed by atoms with Crippen LogP contribution in [-0.2, 0) is 10.0 Å². The molecule has 0 heterocycles. The van der Waals surface area contributed by atoms with Gasteiger partial charge in [-0.2, -0.15) is 0 Å². The van der Waals surface area contributed by atoms with Crippen molar-refractivity contribution in [3.63, 3.8) is 0 Å². The maximum Gasteiger partial charge on any atom is 0.229 e. The summed E-state index contributed by atoms with van der Waals surface area (Å²) in [5.74, 6) is 0.714. The smallest absolute Gasteiger partial charge is 0.229 e. The zero-order chi connectivity index (χ0) is 24.0. The maximum absolute atomic E-state index is 11.4. The number of aliphatic hydroxyl groups excluding tert-OH is 1. The Morgan fingerprint density at radius 2 is 1.55 bits per heavy atom. The van der Waals surface area contributed by atoms with Crippen molar-refractivity contribution in [2.24, 2.45) is 0 Å². The number of benzene rings is 3. The number of hydrogen-bond acceptors (Lipinski definition) is 7. The van der Waals surface area contributed by atoms with E-state index in [1.165, 1.54) is 18.2 Å². The second kappa shape index (κ2) is 10.6. The lowest BCUT2D eigenvalue weighted by Gasteiger charge is -2.21. The normalized spacial score (nSPS) is 13.3. The minimum Gasteiger partial charge on any atom is -0.508 e. The van der Waals surface area contributed by atoms with Crippen LogP contribution >= 0.6 is 0 Å². The molecule has 9 heteroatoms. The molecular weight excluding hydrogens is 444 g/mol. The van der Waals surface area contributed by atoms with E-state index in [1.807, 2.05) is 36.4 Å². The van der Waals surface area contributed by atoms with Crippen LogP contribution in [0.3, 0.4) is 0 Å². The Hall–Kier alpha value is -3.27. The summed E-state index contributed by atoms with van der Waals surface area (Å²) < 4.78 is 30.9. The molecule has 0 aromatic heterocycles. The molecule has 0 aliphatic heterocycles. The van der Waals surface area contributed by atoms with Crippen molar-refractivity contribution >= 4 is 15.7 Å². The van der Waals surface area contributed by atoms with Crippen molar-refractivity contribution in [2.75, 3.05) is 24.1 Å². The lowest BCUT2D eigenvalue weighted by atomic mass is 10.0. The minimum absolute atomic E-state index is 0.0142. The Labute approximate surface area is 193 Å². The number of rotatable bonds is 10. The van der Waals surface area contributed by atoms with Crippen LogP contribution in [0.5, 0.6) is 17.2 Å². The van der Waals surface area contributed by atoms with Gasteiger partial charge in [-0.15, -0.1) is 0 Å². The van der Waals surface area contributed by atoms with Gasteiger partial charge < -0.3 is 25.4 Å². The zero-order valence-corrected chi connectivity index (χ0v) is 19.2. The molecule has 2 atom stereocenters. The van der Waals surface area contributed by atoms with Gasteiger partial charge in [-0.3, -0.25) is 4.72 Å². The van der Waals surface area contributed by atoms with Gasteiger partial charge in [-0.25, -0.2) is 8.42 Å². The van der Waals surface area contributed by atoms with E-state index in [-0.39, 0.29) is 23.2 Å². The van der Waals surface area contributed by atoms with Crippen LogP contribution in [0, 0.1) is 0 Å². The molecule has 0 amide bonds. The standard InChI is InChI=1S/C24H28N2O6S/c1-16(24(29)19-7-12-23(28)22(15-19)26-33(2,30)31)25-13-14-32-21-10-5-18(6-11-21)17-3-8-20(27)9-4-17/h3-12,15-16,24-29H,13-14H2,1-2H3/t16-,24-/m0/s1. The van der Waals surface area contributed by atoms with Gasteiger partial charge in [0.05, 0.1) is 18.0 Å². The molecule has 3 aromatic rings. The summed E-state index contributed by atoms with van der Waals surface area (Å²) >= 11 is 0. The van der Waals surface area contributed by atoms with Gasteiger partial charge in [-0.1, -0.05) is 30.3 Å². The minimum atomic E-state index is -3.56. The van der Waals surface area contributed by atoms with E-state index in [2.05, 4.69) is 10.0 Å². The van der Waals surface area contributed by atoms with Crippen LogP contribution in [0.1, 0.15) is 18.6 Å². The highest BCUT2D eigenvalue weighted by atomic mass is 32.2. The van der Waals surface area contributed by atoms with Gasteiger partial charge in [-0.05, 0) is 60.0 Å². The van der Waals surface area contributed by atoms with E-state index in [0.29, 0.717) is 24.5 Å². The summed E-state index contributed by atoms with van der Waals surface area (Å²) in [5, 5.41) is 33.0. The second-order valence-electron chi connectivity index (χ2n) is 7.76. The molecule has 0 saturated carbocycles. The lowest BCUT2D eigenvalue weighted by Crippen LogP contribution is -2.35. The highest BCUT2D eigenvalue weighted by Crippen LogP contribution is 2.29. The number of anilines is 1. The number of phenolic OH excluding ortho intramolecular Hbond substituents is 2. The van der Waals surface area contributed by atoms with E-state index in [0.717, 1.165) is 17.4 Å². The Bertz CT molecular complexity index is 1160. The Morgan fingerprint density at radius 3 is 2.15 bits per heavy atom. The number of phenols is 2. The third-order valence-corrected chi connectivity index (χ3v) is 5.61. The first-order valence-corrected chi connectivity index (χ1v) is 12.3. The van der Waals surface area contributed by atoms with Crippen LogP contribution in [0.4, 0.5) is 5.69 Å². The van der Waals surface area contributed by atoms with Crippen molar-refractivity contribution in [3.05, 3.63) is 72.3 Å². The second-order valence-corrected chi connectivity index (χ2v) is 9.51. The fourth-order valence-corrected chi connectivity index (χ4v) is 3.84. The third-order valence-electron chi connectivity index (χ3n) is 5.02. The molecule has 0 unspecified atom stereocenters. The summed E-state index contributed by atoms with van der Waals surface area (Å²) in [6.45, 7) is 2.66. The molecule has 0 aliphatic rings. The zero-order valence-electron chi connectivity index (χ0n) is 18.4. The number of sulfonamides is 1. The van der Waals surface area contributed by atoms with Crippen LogP contribution < -0.4 is 14.8 Å². The monoisotopic (exact) mass is 472 g/mol. The maximum atomic E-state index is 11.4. The van der Waals surface area contributed by atoms with Gasteiger partial charge >= 0.3 is 0 Å². The summed E-state index contributed by atoms with van der Waals surface area (Å²) in [4.78, 5) is 0. The van der Waals surface area contributed by atoms with Crippen molar-refractivity contribution in [1.82, 2.24) is 5.32 Å². The molecule has 176 valence electrons. The van der Waals surface area contributed by atoms with E-state index < -0.39 is 16.1 Å². The number of aromatic hydroxyl groups is 2. The lowest BCUT2D eigenvalue weighted by molar-refractivity contribution is 0.133. The fraction of sp³-hybridized carbons (Fsp3) is 0.250. The van der Waals surface area contributed by atoms with Crippen LogP contribution in [0.25, 0.3) is 11.1 Å². The molecule has 5 N–H and O–H groups in total. The van der Waals surface area contributed by atoms with E-state index in [9.17, 15) is 23.7 Å². The van der Waals surface area contributed by atoms with Crippen molar-refractivity contribution in [3.8, 4) is 28.4 Å². The molecular formula is C24H28N2O6S. The number of hydrogen-bond donors (Lipinski definition) is 5. The molecule has 3 rings (SSSR count). The first-order chi connectivity index (χ1) is 15.6. The third kappa shape index (κ3) is 7.11. The highest BCUT2D eigenvalue weighted by Gasteiger charge is 2.18.